The Bertz CT molecular complexity index is 501. The molecule has 0 bridgehead atoms. The summed E-state index contributed by atoms with van der Waals surface area (Å²) in [4.78, 5) is 19.2. The zero-order chi connectivity index (χ0) is 15.3. The predicted molar refractivity (Wildman–Crippen MR) is 97.4 cm³/mol. The average molecular weight is 428 g/mol. The molecule has 8 heteroatoms. The maximum absolute atomic E-state index is 11.6. The number of halogens is 2. The molecule has 1 rings (SSSR count). The summed E-state index contributed by atoms with van der Waals surface area (Å²) in [6.45, 7) is 0.872. The molecule has 0 aliphatic rings. The van der Waals surface area contributed by atoms with Gasteiger partial charge in [0.1, 0.15) is 0 Å². The molecule has 0 fully saturated rings. The molecular weight excluding hydrogens is 405 g/mol. The van der Waals surface area contributed by atoms with Crippen LogP contribution >= 0.6 is 35.6 Å². The highest BCUT2D eigenvalue weighted by Gasteiger charge is 2.11. The first-order chi connectivity index (χ1) is 9.35. The molecule has 0 unspecified atom stereocenters. The second-order valence-electron chi connectivity index (χ2n) is 4.81. The lowest BCUT2D eigenvalue weighted by atomic mass is 10.4. The minimum atomic E-state index is 0. The van der Waals surface area contributed by atoms with E-state index in [9.17, 15) is 4.79 Å². The van der Waals surface area contributed by atoms with Crippen molar-refractivity contribution in [2.75, 3.05) is 34.7 Å². The third-order valence-electron chi connectivity index (χ3n) is 2.94. The number of nitrogens with one attached hydrogen (secondary N) is 1. The number of amides is 1. The molecule has 6 nitrogen and oxygen atoms in total. The number of aliphatic imine (C=N–C) groups is 1. The van der Waals surface area contributed by atoms with Crippen LogP contribution in [0.1, 0.15) is 5.69 Å². The summed E-state index contributed by atoms with van der Waals surface area (Å²) < 4.78 is 1.97. The number of nitrogens with zero attached hydrogens (tertiary/aromatic N) is 4. The maximum Gasteiger partial charge on any atom is 0.241 e. The van der Waals surface area contributed by atoms with Crippen molar-refractivity contribution >= 4 is 47.4 Å². The summed E-state index contributed by atoms with van der Waals surface area (Å²) >= 11 is 5.96. The van der Waals surface area contributed by atoms with Gasteiger partial charge in [-0.25, -0.2) is 0 Å². The van der Waals surface area contributed by atoms with Crippen LogP contribution in [0.2, 0.25) is 5.02 Å². The van der Waals surface area contributed by atoms with Gasteiger partial charge in [-0.2, -0.15) is 0 Å². The molecule has 1 aromatic rings. The molecule has 0 saturated carbocycles. The third-order valence-corrected chi connectivity index (χ3v) is 3.15. The van der Waals surface area contributed by atoms with E-state index in [1.54, 1.807) is 21.1 Å². The predicted octanol–water partition coefficient (Wildman–Crippen LogP) is 1.39. The minimum absolute atomic E-state index is 0. The zero-order valence-corrected chi connectivity index (χ0v) is 16.1. The van der Waals surface area contributed by atoms with Gasteiger partial charge in [0.05, 0.1) is 18.1 Å². The van der Waals surface area contributed by atoms with Crippen LogP contribution in [-0.4, -0.2) is 61.0 Å². The quantitative estimate of drug-likeness (QED) is 0.449. The lowest BCUT2D eigenvalue weighted by Crippen LogP contribution is -2.43. The smallest absolute Gasteiger partial charge is 0.241 e. The number of aryl methyl sites for hydroxylation is 1. The Morgan fingerprint density at radius 1 is 1.43 bits per heavy atom. The highest BCUT2D eigenvalue weighted by Crippen LogP contribution is 2.14. The van der Waals surface area contributed by atoms with Crippen molar-refractivity contribution in [1.82, 2.24) is 19.7 Å². The molecule has 0 spiro atoms. The Morgan fingerprint density at radius 3 is 2.48 bits per heavy atom. The summed E-state index contributed by atoms with van der Waals surface area (Å²) in [5.41, 5.74) is 1.07. The SMILES string of the molecule is CN=C(NCC(=O)N(C)C)N(C)Cc1cc(Cl)cn1C.I. The van der Waals surface area contributed by atoms with Gasteiger partial charge >= 0.3 is 0 Å². The van der Waals surface area contributed by atoms with Crippen LogP contribution in [0.15, 0.2) is 17.3 Å². The summed E-state index contributed by atoms with van der Waals surface area (Å²) in [7, 11) is 9.00. The second-order valence-corrected chi connectivity index (χ2v) is 5.24. The van der Waals surface area contributed by atoms with Crippen molar-refractivity contribution in [1.29, 1.82) is 0 Å². The molecule has 0 aromatic carbocycles. The number of hydrogen-bond acceptors (Lipinski definition) is 2. The Kier molecular flexibility index (Phi) is 8.72. The average Bonchev–Trinajstić information content (AvgIpc) is 2.68. The van der Waals surface area contributed by atoms with Crippen molar-refractivity contribution in [2.24, 2.45) is 12.0 Å². The highest BCUT2D eigenvalue weighted by atomic mass is 127. The minimum Gasteiger partial charge on any atom is -0.351 e. The summed E-state index contributed by atoms with van der Waals surface area (Å²) in [6.07, 6.45) is 1.86. The first kappa shape index (κ1) is 20.0. The number of rotatable bonds is 4. The fourth-order valence-corrected chi connectivity index (χ4v) is 2.01. The van der Waals surface area contributed by atoms with Gasteiger partial charge in [0.2, 0.25) is 5.91 Å². The van der Waals surface area contributed by atoms with Crippen LogP contribution in [-0.2, 0) is 18.4 Å². The standard InChI is InChI=1S/C13H22ClN5O.HI/c1-15-13(16-7-12(20)17(2)3)19(5)9-11-6-10(14)8-18(11)4;/h6,8H,7,9H2,1-5H3,(H,15,16);1H. The van der Waals surface area contributed by atoms with Gasteiger partial charge in [0.15, 0.2) is 5.96 Å². The molecule has 0 atom stereocenters. The van der Waals surface area contributed by atoms with Crippen molar-refractivity contribution in [3.05, 3.63) is 23.0 Å². The molecule has 0 saturated heterocycles. The molecule has 21 heavy (non-hydrogen) atoms. The molecule has 0 aliphatic carbocycles. The number of carbonyl (C=O) groups is 1. The molecule has 0 radical (unpaired) electrons. The third kappa shape index (κ3) is 6.13. The number of hydrogen-bond donors (Lipinski definition) is 1. The Balaban J connectivity index is 0.00000400. The molecule has 1 heterocycles. The summed E-state index contributed by atoms with van der Waals surface area (Å²) in [6, 6.07) is 1.91. The van der Waals surface area contributed by atoms with Crippen LogP contribution in [0.4, 0.5) is 0 Å². The molecule has 1 amide bonds. The van der Waals surface area contributed by atoms with Crippen LogP contribution in [0.5, 0.6) is 0 Å². The van der Waals surface area contributed by atoms with E-state index in [4.69, 9.17) is 11.6 Å². The summed E-state index contributed by atoms with van der Waals surface area (Å²) in [5, 5.41) is 3.75. The summed E-state index contributed by atoms with van der Waals surface area (Å²) in [5.74, 6) is 0.666. The van der Waals surface area contributed by atoms with Gasteiger partial charge in [0, 0.05) is 47.1 Å². The van der Waals surface area contributed by atoms with E-state index < -0.39 is 0 Å². The van der Waals surface area contributed by atoms with Gasteiger partial charge in [-0.1, -0.05) is 11.6 Å². The Hall–Kier alpha value is -0.960. The molecular formula is C13H23ClIN5O. The van der Waals surface area contributed by atoms with Crippen molar-refractivity contribution in [3.63, 3.8) is 0 Å². The topological polar surface area (TPSA) is 52.9 Å². The Labute approximate surface area is 148 Å². The van der Waals surface area contributed by atoms with E-state index in [2.05, 4.69) is 10.3 Å². The first-order valence-corrected chi connectivity index (χ1v) is 6.65. The van der Waals surface area contributed by atoms with E-state index in [0.29, 0.717) is 17.5 Å². The van der Waals surface area contributed by atoms with Gasteiger partial charge in [-0.15, -0.1) is 24.0 Å². The number of carbonyl (C=O) groups excluding carboxylic acids is 1. The number of aromatic nitrogens is 1. The van der Waals surface area contributed by atoms with Crippen LogP contribution < -0.4 is 5.32 Å². The van der Waals surface area contributed by atoms with E-state index >= 15 is 0 Å². The van der Waals surface area contributed by atoms with Crippen LogP contribution in [0, 0.1) is 0 Å². The van der Waals surface area contributed by atoms with Crippen molar-refractivity contribution < 1.29 is 4.79 Å². The van der Waals surface area contributed by atoms with Crippen LogP contribution in [0.3, 0.4) is 0 Å². The fraction of sp³-hybridized carbons (Fsp3) is 0.538. The lowest BCUT2D eigenvalue weighted by molar-refractivity contribution is -0.127. The number of guanidine groups is 1. The van der Waals surface area contributed by atoms with Crippen LogP contribution in [0.25, 0.3) is 0 Å². The molecule has 1 aromatic heterocycles. The maximum atomic E-state index is 11.6. The largest absolute Gasteiger partial charge is 0.351 e. The van der Waals surface area contributed by atoms with Gasteiger partial charge < -0.3 is 19.7 Å². The van der Waals surface area contributed by atoms with Gasteiger partial charge in [0.25, 0.3) is 0 Å². The molecule has 0 aliphatic heterocycles. The number of likely N-dealkylation sites (N-methyl/N-ethyl adjacent to an activating group) is 1. The second kappa shape index (κ2) is 9.14. The van der Waals surface area contributed by atoms with E-state index in [1.807, 2.05) is 35.8 Å². The Morgan fingerprint density at radius 2 is 2.05 bits per heavy atom. The van der Waals surface area contributed by atoms with Crippen molar-refractivity contribution in [3.8, 4) is 0 Å². The van der Waals surface area contributed by atoms with Gasteiger partial charge in [-0.05, 0) is 6.07 Å². The molecule has 1 N–H and O–H groups in total. The van der Waals surface area contributed by atoms with Crippen molar-refractivity contribution in [2.45, 2.75) is 6.54 Å². The highest BCUT2D eigenvalue weighted by molar-refractivity contribution is 14.0. The fourth-order valence-electron chi connectivity index (χ4n) is 1.74. The lowest BCUT2D eigenvalue weighted by Gasteiger charge is -2.22. The monoisotopic (exact) mass is 427 g/mol. The van der Waals surface area contributed by atoms with Gasteiger partial charge in [-0.3, -0.25) is 9.79 Å². The van der Waals surface area contributed by atoms with E-state index in [0.717, 1.165) is 5.69 Å². The van der Waals surface area contributed by atoms with E-state index in [-0.39, 0.29) is 36.4 Å². The normalized spacial score (nSPS) is 10.9. The zero-order valence-electron chi connectivity index (χ0n) is 13.1. The molecule has 120 valence electrons. The first-order valence-electron chi connectivity index (χ1n) is 6.27. The van der Waals surface area contributed by atoms with E-state index in [1.165, 1.54) is 4.90 Å².